The van der Waals surface area contributed by atoms with Crippen molar-refractivity contribution < 1.29 is 17.9 Å². The Morgan fingerprint density at radius 2 is 1.70 bits per heavy atom. The van der Waals surface area contributed by atoms with Gasteiger partial charge in [-0.05, 0) is 61.5 Å². The molecule has 1 fully saturated rings. The van der Waals surface area contributed by atoms with Crippen molar-refractivity contribution in [1.29, 1.82) is 0 Å². The monoisotopic (exact) mass is 447 g/mol. The third-order valence-corrected chi connectivity index (χ3v) is 6.67. The summed E-state index contributed by atoms with van der Waals surface area (Å²) < 4.78 is 33.1. The molecule has 3 N–H and O–H groups in total. The Bertz CT molecular complexity index is 1000. The topological polar surface area (TPSA) is 96.5 Å². The highest BCUT2D eigenvalue weighted by atomic mass is 32.2. The summed E-state index contributed by atoms with van der Waals surface area (Å²) in [6.45, 7) is 0. The zero-order valence-corrected chi connectivity index (χ0v) is 18.3. The van der Waals surface area contributed by atoms with Crippen LogP contribution >= 0.6 is 12.2 Å². The number of carbonyl (C=O) groups is 1. The smallest absolute Gasteiger partial charge is 0.261 e. The van der Waals surface area contributed by atoms with Gasteiger partial charge in [0.05, 0.1) is 17.6 Å². The van der Waals surface area contributed by atoms with Crippen molar-refractivity contribution in [3.05, 3.63) is 54.1 Å². The van der Waals surface area contributed by atoms with E-state index in [-0.39, 0.29) is 16.0 Å². The lowest BCUT2D eigenvalue weighted by Crippen LogP contribution is -2.36. The average molecular weight is 448 g/mol. The highest BCUT2D eigenvalue weighted by Gasteiger charge is 2.21. The van der Waals surface area contributed by atoms with Crippen molar-refractivity contribution in [2.75, 3.05) is 12.4 Å². The Labute approximate surface area is 182 Å². The van der Waals surface area contributed by atoms with Crippen molar-refractivity contribution >= 4 is 38.9 Å². The average Bonchev–Trinajstić information content (AvgIpc) is 2.74. The van der Waals surface area contributed by atoms with Gasteiger partial charge in [0.15, 0.2) is 5.11 Å². The van der Waals surface area contributed by atoms with Crippen LogP contribution in [0, 0.1) is 0 Å². The standard InChI is InChI=1S/C21H25N3O4S2/c1-28-19-10-6-5-9-18(19)20(25)23-21(29)22-15-11-13-17(14-12-15)30(26,27)24-16-7-3-2-4-8-16/h5-6,9-14,16,24H,2-4,7-8H2,1H3,(H2,22,23,25,29). The van der Waals surface area contributed by atoms with Crippen LogP contribution in [0.4, 0.5) is 5.69 Å². The molecule has 30 heavy (non-hydrogen) atoms. The first kappa shape index (κ1) is 22.2. The first-order valence-corrected chi connectivity index (χ1v) is 11.7. The molecule has 1 amide bonds. The van der Waals surface area contributed by atoms with Crippen LogP contribution in [0.1, 0.15) is 42.5 Å². The summed E-state index contributed by atoms with van der Waals surface area (Å²) >= 11 is 5.19. The molecule has 0 spiro atoms. The highest BCUT2D eigenvalue weighted by molar-refractivity contribution is 7.89. The summed E-state index contributed by atoms with van der Waals surface area (Å²) in [5.74, 6) is 0.0404. The Morgan fingerprint density at radius 3 is 2.37 bits per heavy atom. The van der Waals surface area contributed by atoms with Gasteiger partial charge in [-0.1, -0.05) is 31.4 Å². The van der Waals surface area contributed by atoms with Crippen molar-refractivity contribution in [3.8, 4) is 5.75 Å². The van der Waals surface area contributed by atoms with Crippen molar-refractivity contribution in [2.24, 2.45) is 0 Å². The number of amides is 1. The maximum atomic E-state index is 12.6. The van der Waals surface area contributed by atoms with E-state index in [9.17, 15) is 13.2 Å². The molecule has 0 aromatic heterocycles. The molecular weight excluding hydrogens is 422 g/mol. The minimum absolute atomic E-state index is 0.000630. The second kappa shape index (κ2) is 10.0. The van der Waals surface area contributed by atoms with Crippen LogP contribution in [0.15, 0.2) is 53.4 Å². The first-order valence-electron chi connectivity index (χ1n) is 9.77. The number of thiocarbonyl (C=S) groups is 1. The Hall–Kier alpha value is -2.49. The molecule has 0 radical (unpaired) electrons. The molecule has 160 valence electrons. The number of benzene rings is 2. The lowest BCUT2D eigenvalue weighted by Gasteiger charge is -2.22. The molecular formula is C21H25N3O4S2. The molecule has 3 rings (SSSR count). The number of para-hydroxylation sites is 1. The van der Waals surface area contributed by atoms with Crippen LogP contribution in [0.2, 0.25) is 0 Å². The van der Waals surface area contributed by atoms with Gasteiger partial charge in [0.1, 0.15) is 5.75 Å². The number of methoxy groups -OCH3 is 1. The van der Waals surface area contributed by atoms with E-state index < -0.39 is 15.9 Å². The molecule has 1 aliphatic carbocycles. The molecule has 2 aromatic carbocycles. The van der Waals surface area contributed by atoms with Gasteiger partial charge in [-0.3, -0.25) is 10.1 Å². The lowest BCUT2D eigenvalue weighted by molar-refractivity contribution is 0.0974. The van der Waals surface area contributed by atoms with Crippen LogP contribution < -0.4 is 20.1 Å². The van der Waals surface area contributed by atoms with Gasteiger partial charge in [0.2, 0.25) is 10.0 Å². The third kappa shape index (κ3) is 5.78. The zero-order valence-electron chi connectivity index (χ0n) is 16.7. The maximum absolute atomic E-state index is 12.6. The molecule has 7 nitrogen and oxygen atoms in total. The van der Waals surface area contributed by atoms with Crippen LogP contribution in [0.25, 0.3) is 0 Å². The zero-order chi connectivity index (χ0) is 21.6. The van der Waals surface area contributed by atoms with E-state index in [1.54, 1.807) is 36.4 Å². The van der Waals surface area contributed by atoms with Gasteiger partial charge in [-0.25, -0.2) is 13.1 Å². The van der Waals surface area contributed by atoms with Crippen LogP contribution in [-0.2, 0) is 10.0 Å². The summed E-state index contributed by atoms with van der Waals surface area (Å²) in [4.78, 5) is 12.6. The quantitative estimate of drug-likeness (QED) is 0.587. The largest absolute Gasteiger partial charge is 0.496 e. The molecule has 1 saturated carbocycles. The third-order valence-electron chi connectivity index (χ3n) is 4.93. The molecule has 0 unspecified atom stereocenters. The number of anilines is 1. The molecule has 0 aliphatic heterocycles. The summed E-state index contributed by atoms with van der Waals surface area (Å²) in [6, 6.07) is 13.1. The van der Waals surface area contributed by atoms with Gasteiger partial charge in [-0.15, -0.1) is 0 Å². The fraction of sp³-hybridized carbons (Fsp3) is 0.333. The van der Waals surface area contributed by atoms with E-state index in [1.165, 1.54) is 19.2 Å². The van der Waals surface area contributed by atoms with E-state index in [0.29, 0.717) is 17.0 Å². The summed E-state index contributed by atoms with van der Waals surface area (Å²) in [5.41, 5.74) is 0.927. The van der Waals surface area contributed by atoms with E-state index in [2.05, 4.69) is 15.4 Å². The van der Waals surface area contributed by atoms with Gasteiger partial charge in [-0.2, -0.15) is 0 Å². The van der Waals surface area contributed by atoms with E-state index in [1.807, 2.05) is 0 Å². The predicted molar refractivity (Wildman–Crippen MR) is 120 cm³/mol. The lowest BCUT2D eigenvalue weighted by atomic mass is 9.96. The number of sulfonamides is 1. The summed E-state index contributed by atoms with van der Waals surface area (Å²) in [6.07, 6.45) is 5.01. The highest BCUT2D eigenvalue weighted by Crippen LogP contribution is 2.21. The second-order valence-corrected chi connectivity index (χ2v) is 9.21. The Balaban J connectivity index is 1.59. The number of hydrogen-bond donors (Lipinski definition) is 3. The van der Waals surface area contributed by atoms with Crippen LogP contribution in [0.5, 0.6) is 5.75 Å². The Morgan fingerprint density at radius 1 is 1.03 bits per heavy atom. The summed E-state index contributed by atoms with van der Waals surface area (Å²) in [7, 11) is -2.07. The molecule has 0 saturated heterocycles. The van der Waals surface area contributed by atoms with Gasteiger partial charge in [0, 0.05) is 11.7 Å². The number of ether oxygens (including phenoxy) is 1. The molecule has 0 atom stereocenters. The first-order chi connectivity index (χ1) is 14.4. The number of nitrogens with one attached hydrogen (secondary N) is 3. The van der Waals surface area contributed by atoms with E-state index >= 15 is 0 Å². The second-order valence-electron chi connectivity index (χ2n) is 7.09. The van der Waals surface area contributed by atoms with Gasteiger partial charge >= 0.3 is 0 Å². The molecule has 0 heterocycles. The summed E-state index contributed by atoms with van der Waals surface area (Å²) in [5, 5.41) is 5.57. The van der Waals surface area contributed by atoms with E-state index in [4.69, 9.17) is 17.0 Å². The molecule has 9 heteroatoms. The SMILES string of the molecule is COc1ccccc1C(=O)NC(=S)Nc1ccc(S(=O)(=O)NC2CCCCC2)cc1. The fourth-order valence-electron chi connectivity index (χ4n) is 3.39. The number of hydrogen-bond acceptors (Lipinski definition) is 5. The fourth-order valence-corrected chi connectivity index (χ4v) is 4.91. The molecule has 2 aromatic rings. The maximum Gasteiger partial charge on any atom is 0.261 e. The van der Waals surface area contributed by atoms with Gasteiger partial charge < -0.3 is 10.1 Å². The Kier molecular flexibility index (Phi) is 7.41. The number of carbonyl (C=O) groups excluding carboxylic acids is 1. The predicted octanol–water partition coefficient (Wildman–Crippen LogP) is 3.43. The number of rotatable bonds is 6. The minimum Gasteiger partial charge on any atom is -0.496 e. The van der Waals surface area contributed by atoms with Crippen LogP contribution in [0.3, 0.4) is 0 Å². The van der Waals surface area contributed by atoms with Crippen molar-refractivity contribution in [3.63, 3.8) is 0 Å². The molecule has 0 bridgehead atoms. The van der Waals surface area contributed by atoms with Crippen molar-refractivity contribution in [1.82, 2.24) is 10.0 Å². The van der Waals surface area contributed by atoms with Gasteiger partial charge in [0.25, 0.3) is 5.91 Å². The minimum atomic E-state index is -3.56. The van der Waals surface area contributed by atoms with Crippen molar-refractivity contribution in [2.45, 2.75) is 43.0 Å². The van der Waals surface area contributed by atoms with Crippen LogP contribution in [-0.4, -0.2) is 32.6 Å². The normalized spacial score (nSPS) is 14.7. The van der Waals surface area contributed by atoms with E-state index in [0.717, 1.165) is 32.1 Å². The molecule has 1 aliphatic rings.